The van der Waals surface area contributed by atoms with Gasteiger partial charge in [0, 0.05) is 14.1 Å². The number of anilines is 3. The summed E-state index contributed by atoms with van der Waals surface area (Å²) in [5, 5.41) is 4.13. The van der Waals surface area contributed by atoms with Gasteiger partial charge in [-0.05, 0) is 18.6 Å². The molecule has 0 spiro atoms. The Kier molecular flexibility index (Phi) is 4.61. The van der Waals surface area contributed by atoms with E-state index in [1.807, 2.05) is 21.0 Å². The third kappa shape index (κ3) is 3.23. The monoisotopic (exact) mass is 344 g/mol. The summed E-state index contributed by atoms with van der Waals surface area (Å²) in [6.07, 6.45) is 0. The Hall–Kier alpha value is -1.50. The van der Waals surface area contributed by atoms with Crippen molar-refractivity contribution in [2.75, 3.05) is 30.0 Å². The van der Waals surface area contributed by atoms with Crippen molar-refractivity contribution in [3.63, 3.8) is 0 Å². The summed E-state index contributed by atoms with van der Waals surface area (Å²) in [5.74, 6) is -0.200. The molecular weight excluding hydrogens is 331 g/mol. The van der Waals surface area contributed by atoms with E-state index in [1.165, 1.54) is 11.3 Å². The average Bonchev–Trinajstić information content (AvgIpc) is 2.81. The summed E-state index contributed by atoms with van der Waals surface area (Å²) < 4.78 is 0. The van der Waals surface area contributed by atoms with Gasteiger partial charge in [-0.3, -0.25) is 4.79 Å². The minimum Gasteiger partial charge on any atom is -0.382 e. The van der Waals surface area contributed by atoms with Gasteiger partial charge in [-0.1, -0.05) is 40.6 Å². The maximum absolute atomic E-state index is 12.3. The van der Waals surface area contributed by atoms with Crippen LogP contribution in [0.25, 0.3) is 0 Å². The summed E-state index contributed by atoms with van der Waals surface area (Å²) in [6, 6.07) is 3.46. The zero-order valence-corrected chi connectivity index (χ0v) is 14.0. The number of aryl methyl sites for hydroxylation is 1. The zero-order chi connectivity index (χ0) is 15.7. The van der Waals surface area contributed by atoms with Crippen LogP contribution in [0.15, 0.2) is 12.1 Å². The van der Waals surface area contributed by atoms with Crippen LogP contribution in [-0.2, 0) is 0 Å². The Bertz CT molecular complexity index is 700. The first kappa shape index (κ1) is 15.9. The maximum atomic E-state index is 12.3. The number of amides is 1. The Morgan fingerprint density at radius 1 is 1.38 bits per heavy atom. The van der Waals surface area contributed by atoms with Crippen LogP contribution in [0.1, 0.15) is 15.2 Å². The first-order valence-corrected chi connectivity index (χ1v) is 7.58. The quantitative estimate of drug-likeness (QED) is 0.891. The fourth-order valence-corrected chi connectivity index (χ4v) is 2.88. The van der Waals surface area contributed by atoms with Crippen LogP contribution >= 0.6 is 34.5 Å². The molecule has 112 valence electrons. The van der Waals surface area contributed by atoms with Crippen LogP contribution in [0, 0.1) is 6.92 Å². The Morgan fingerprint density at radius 2 is 2.05 bits per heavy atom. The van der Waals surface area contributed by atoms with E-state index in [-0.39, 0.29) is 11.7 Å². The van der Waals surface area contributed by atoms with Crippen molar-refractivity contribution in [3.8, 4) is 0 Å². The molecule has 0 aliphatic carbocycles. The van der Waals surface area contributed by atoms with E-state index in [0.717, 1.165) is 5.56 Å². The standard InChI is InChI=1S/C13H14Cl2N4OS/c1-6-4-5-7(14)9(8(6)15)17-12(20)10-11(16)18-13(21-10)19(2)3/h4-5H,16H2,1-3H3,(H,17,20). The molecule has 0 saturated carbocycles. The molecule has 1 heterocycles. The molecule has 3 N–H and O–H groups in total. The predicted molar refractivity (Wildman–Crippen MR) is 90.0 cm³/mol. The number of aromatic nitrogens is 1. The van der Waals surface area contributed by atoms with Crippen molar-refractivity contribution in [1.29, 1.82) is 0 Å². The van der Waals surface area contributed by atoms with Gasteiger partial charge >= 0.3 is 0 Å². The van der Waals surface area contributed by atoms with Crippen molar-refractivity contribution in [3.05, 3.63) is 32.6 Å². The van der Waals surface area contributed by atoms with Crippen LogP contribution in [0.2, 0.25) is 10.0 Å². The number of nitrogens with two attached hydrogens (primary N) is 1. The molecule has 0 unspecified atom stereocenters. The third-order valence-electron chi connectivity index (χ3n) is 2.75. The number of benzene rings is 1. The van der Waals surface area contributed by atoms with Crippen molar-refractivity contribution >= 4 is 57.1 Å². The molecule has 5 nitrogen and oxygen atoms in total. The molecule has 0 aliphatic heterocycles. The van der Waals surface area contributed by atoms with Crippen molar-refractivity contribution in [2.24, 2.45) is 0 Å². The summed E-state index contributed by atoms with van der Waals surface area (Å²) in [6.45, 7) is 1.83. The van der Waals surface area contributed by atoms with E-state index in [2.05, 4.69) is 10.3 Å². The number of nitrogens with zero attached hydrogens (tertiary/aromatic N) is 2. The highest BCUT2D eigenvalue weighted by Gasteiger charge is 2.19. The van der Waals surface area contributed by atoms with Crippen LogP contribution in [0.5, 0.6) is 0 Å². The van der Waals surface area contributed by atoms with Crippen molar-refractivity contribution in [2.45, 2.75) is 6.92 Å². The number of thiazole rings is 1. The van der Waals surface area contributed by atoms with E-state index in [4.69, 9.17) is 28.9 Å². The van der Waals surface area contributed by atoms with Crippen LogP contribution in [0.4, 0.5) is 16.6 Å². The molecule has 0 atom stereocenters. The first-order valence-electron chi connectivity index (χ1n) is 6.00. The topological polar surface area (TPSA) is 71.2 Å². The van der Waals surface area contributed by atoms with Crippen LogP contribution in [0.3, 0.4) is 0 Å². The minimum atomic E-state index is -0.382. The second-order valence-electron chi connectivity index (χ2n) is 4.61. The zero-order valence-electron chi connectivity index (χ0n) is 11.7. The Morgan fingerprint density at radius 3 is 2.62 bits per heavy atom. The van der Waals surface area contributed by atoms with E-state index < -0.39 is 0 Å². The van der Waals surface area contributed by atoms with Gasteiger partial charge in [0.2, 0.25) is 0 Å². The second-order valence-corrected chi connectivity index (χ2v) is 6.38. The normalized spacial score (nSPS) is 10.5. The van der Waals surface area contributed by atoms with Gasteiger partial charge in [-0.15, -0.1) is 0 Å². The number of nitrogen functional groups attached to an aromatic ring is 1. The number of hydrogen-bond acceptors (Lipinski definition) is 5. The Labute approximate surface area is 136 Å². The van der Waals surface area contributed by atoms with E-state index in [1.54, 1.807) is 17.0 Å². The smallest absolute Gasteiger partial charge is 0.269 e. The second kappa shape index (κ2) is 6.09. The molecule has 2 rings (SSSR count). The molecule has 1 amide bonds. The fourth-order valence-electron chi connectivity index (χ4n) is 1.62. The number of hydrogen-bond donors (Lipinski definition) is 2. The van der Waals surface area contributed by atoms with Gasteiger partial charge in [-0.2, -0.15) is 0 Å². The molecule has 2 aromatic rings. The number of carbonyl (C=O) groups excluding carboxylic acids is 1. The first-order chi connectivity index (χ1) is 9.81. The average molecular weight is 345 g/mol. The maximum Gasteiger partial charge on any atom is 0.269 e. The largest absolute Gasteiger partial charge is 0.382 e. The molecule has 21 heavy (non-hydrogen) atoms. The van der Waals surface area contributed by atoms with Gasteiger partial charge in [0.05, 0.1) is 15.7 Å². The SMILES string of the molecule is Cc1ccc(Cl)c(NC(=O)c2sc(N(C)C)nc2N)c1Cl. The van der Waals surface area contributed by atoms with E-state index in [9.17, 15) is 4.79 Å². The summed E-state index contributed by atoms with van der Waals surface area (Å²) in [4.78, 5) is 18.6. The van der Waals surface area contributed by atoms with E-state index >= 15 is 0 Å². The number of halogens is 2. The van der Waals surface area contributed by atoms with Gasteiger partial charge in [0.1, 0.15) is 10.7 Å². The lowest BCUT2D eigenvalue weighted by atomic mass is 10.2. The van der Waals surface area contributed by atoms with Gasteiger partial charge in [0.15, 0.2) is 5.13 Å². The highest BCUT2D eigenvalue weighted by Crippen LogP contribution is 2.34. The Balaban J connectivity index is 2.33. The molecule has 8 heteroatoms. The molecule has 0 aliphatic rings. The molecule has 0 radical (unpaired) electrons. The predicted octanol–water partition coefficient (Wildman–Crippen LogP) is 3.66. The van der Waals surface area contributed by atoms with Crippen molar-refractivity contribution in [1.82, 2.24) is 4.98 Å². The van der Waals surface area contributed by atoms with Crippen LogP contribution in [-0.4, -0.2) is 25.0 Å². The van der Waals surface area contributed by atoms with Crippen LogP contribution < -0.4 is 16.0 Å². The summed E-state index contributed by atoms with van der Waals surface area (Å²) >= 11 is 13.5. The lowest BCUT2D eigenvalue weighted by Gasteiger charge is -2.10. The molecule has 1 aromatic carbocycles. The van der Waals surface area contributed by atoms with E-state index in [0.29, 0.717) is 25.7 Å². The van der Waals surface area contributed by atoms with Crippen molar-refractivity contribution < 1.29 is 4.79 Å². The molecule has 0 fully saturated rings. The van der Waals surface area contributed by atoms with Gasteiger partial charge in [0.25, 0.3) is 5.91 Å². The highest BCUT2D eigenvalue weighted by molar-refractivity contribution is 7.18. The van der Waals surface area contributed by atoms with Gasteiger partial charge in [-0.25, -0.2) is 4.98 Å². The molecular formula is C13H14Cl2N4OS. The third-order valence-corrected chi connectivity index (χ3v) is 4.79. The van der Waals surface area contributed by atoms with Gasteiger partial charge < -0.3 is 16.0 Å². The molecule has 1 aromatic heterocycles. The number of nitrogens with one attached hydrogen (secondary N) is 1. The number of carbonyl (C=O) groups is 1. The summed E-state index contributed by atoms with van der Waals surface area (Å²) in [5.41, 5.74) is 6.98. The highest BCUT2D eigenvalue weighted by atomic mass is 35.5. The fraction of sp³-hybridized carbons (Fsp3) is 0.231. The minimum absolute atomic E-state index is 0.182. The number of rotatable bonds is 3. The molecule has 0 saturated heterocycles. The summed E-state index contributed by atoms with van der Waals surface area (Å²) in [7, 11) is 3.66. The lowest BCUT2D eigenvalue weighted by Crippen LogP contribution is -2.13. The molecule has 0 bridgehead atoms. The lowest BCUT2D eigenvalue weighted by molar-refractivity contribution is 0.103.